The molecule has 0 radical (unpaired) electrons. The van der Waals surface area contributed by atoms with Crippen LogP contribution in [-0.2, 0) is 9.53 Å². The van der Waals surface area contributed by atoms with Gasteiger partial charge >= 0.3 is 0 Å². The second kappa shape index (κ2) is 8.99. The van der Waals surface area contributed by atoms with Crippen LogP contribution in [0.4, 0.5) is 11.8 Å². The van der Waals surface area contributed by atoms with E-state index in [-0.39, 0.29) is 11.8 Å². The molecular weight excluding hydrogens is 318 g/mol. The molecule has 1 aromatic heterocycles. The van der Waals surface area contributed by atoms with E-state index in [2.05, 4.69) is 25.5 Å². The molecule has 2 saturated heterocycles. The van der Waals surface area contributed by atoms with E-state index in [4.69, 9.17) is 4.74 Å². The molecule has 2 N–H and O–H groups in total. The highest BCUT2D eigenvalue weighted by Crippen LogP contribution is 2.19. The topological polar surface area (TPSA) is 79.4 Å². The number of ether oxygens (including phenoxy) is 1. The van der Waals surface area contributed by atoms with Crippen molar-refractivity contribution >= 4 is 17.7 Å². The quantitative estimate of drug-likeness (QED) is 0.763. The highest BCUT2D eigenvalue weighted by molar-refractivity contribution is 5.78. The number of anilines is 2. The van der Waals surface area contributed by atoms with Crippen molar-refractivity contribution < 1.29 is 9.53 Å². The smallest absolute Gasteiger partial charge is 0.224 e. The molecule has 3 rings (SSSR count). The van der Waals surface area contributed by atoms with Crippen LogP contribution in [-0.4, -0.2) is 55.3 Å². The Morgan fingerprint density at radius 1 is 1.20 bits per heavy atom. The summed E-state index contributed by atoms with van der Waals surface area (Å²) < 4.78 is 5.29. The van der Waals surface area contributed by atoms with E-state index in [0.29, 0.717) is 32.3 Å². The van der Waals surface area contributed by atoms with E-state index in [1.54, 1.807) is 0 Å². The minimum atomic E-state index is 0.0923. The maximum Gasteiger partial charge on any atom is 0.224 e. The third-order valence-electron chi connectivity index (χ3n) is 4.82. The number of amides is 1. The molecular formula is C18H29N5O2. The average molecular weight is 347 g/mol. The van der Waals surface area contributed by atoms with Crippen LogP contribution >= 0.6 is 0 Å². The van der Waals surface area contributed by atoms with Crippen LogP contribution in [0, 0.1) is 12.8 Å². The number of nitrogens with zero attached hydrogens (tertiary/aromatic N) is 3. The van der Waals surface area contributed by atoms with Crippen molar-refractivity contribution in [2.75, 3.05) is 49.6 Å². The van der Waals surface area contributed by atoms with E-state index < -0.39 is 0 Å². The van der Waals surface area contributed by atoms with Crippen molar-refractivity contribution in [1.29, 1.82) is 0 Å². The molecule has 1 amide bonds. The number of hydrogen-bond donors (Lipinski definition) is 2. The minimum absolute atomic E-state index is 0.0923. The number of piperidine rings is 1. The molecule has 0 aliphatic carbocycles. The molecule has 0 spiro atoms. The molecule has 0 aromatic carbocycles. The third kappa shape index (κ3) is 5.29. The maximum absolute atomic E-state index is 12.1. The molecule has 0 saturated carbocycles. The van der Waals surface area contributed by atoms with Crippen molar-refractivity contribution in [3.63, 3.8) is 0 Å². The fourth-order valence-corrected chi connectivity index (χ4v) is 3.38. The number of nitrogens with one attached hydrogen (secondary N) is 2. The monoisotopic (exact) mass is 347 g/mol. The first-order chi connectivity index (χ1) is 12.2. The first-order valence-corrected chi connectivity index (χ1v) is 9.42. The molecule has 25 heavy (non-hydrogen) atoms. The van der Waals surface area contributed by atoms with Crippen molar-refractivity contribution in [1.82, 2.24) is 15.3 Å². The van der Waals surface area contributed by atoms with Crippen LogP contribution in [0.2, 0.25) is 0 Å². The number of carbonyl (C=O) groups is 1. The lowest BCUT2D eigenvalue weighted by molar-refractivity contribution is -0.127. The van der Waals surface area contributed by atoms with E-state index in [0.717, 1.165) is 37.4 Å². The zero-order valence-electron chi connectivity index (χ0n) is 15.1. The lowest BCUT2D eigenvalue weighted by atomic mass is 9.99. The normalized spacial score (nSPS) is 18.8. The van der Waals surface area contributed by atoms with Gasteiger partial charge in [-0.1, -0.05) is 0 Å². The molecule has 2 aliphatic heterocycles. The summed E-state index contributed by atoms with van der Waals surface area (Å²) in [5.41, 5.74) is 0.962. The van der Waals surface area contributed by atoms with Crippen molar-refractivity contribution in [2.24, 2.45) is 5.92 Å². The predicted octanol–water partition coefficient (Wildman–Crippen LogP) is 1.73. The Morgan fingerprint density at radius 3 is 2.72 bits per heavy atom. The zero-order chi connectivity index (χ0) is 17.5. The van der Waals surface area contributed by atoms with Gasteiger partial charge in [0.05, 0.1) is 0 Å². The average Bonchev–Trinajstić information content (AvgIpc) is 2.66. The Labute approximate surface area is 149 Å². The van der Waals surface area contributed by atoms with Gasteiger partial charge in [-0.05, 0) is 39.0 Å². The fraction of sp³-hybridized carbons (Fsp3) is 0.722. The Hall–Kier alpha value is -1.89. The molecule has 1 aromatic rings. The SMILES string of the molecule is Cc1cc(N2CCCCC2)nc(NCCNC(=O)C2CCOCC2)n1. The van der Waals surface area contributed by atoms with E-state index in [1.165, 1.54) is 19.3 Å². The van der Waals surface area contributed by atoms with Gasteiger partial charge in [-0.15, -0.1) is 0 Å². The predicted molar refractivity (Wildman–Crippen MR) is 97.9 cm³/mol. The summed E-state index contributed by atoms with van der Waals surface area (Å²) in [4.78, 5) is 23.5. The standard InChI is InChI=1S/C18H29N5O2/c1-14-13-16(23-9-3-2-4-10-23)22-18(21-14)20-8-7-19-17(24)15-5-11-25-12-6-15/h13,15H,2-12H2,1H3,(H,19,24)(H,20,21,22). The summed E-state index contributed by atoms with van der Waals surface area (Å²) in [5.74, 6) is 1.86. The summed E-state index contributed by atoms with van der Waals surface area (Å²) in [6, 6.07) is 2.05. The highest BCUT2D eigenvalue weighted by atomic mass is 16.5. The van der Waals surface area contributed by atoms with Gasteiger partial charge in [0.25, 0.3) is 0 Å². The van der Waals surface area contributed by atoms with E-state index in [1.807, 2.05) is 13.0 Å². The van der Waals surface area contributed by atoms with Gasteiger partial charge < -0.3 is 20.3 Å². The minimum Gasteiger partial charge on any atom is -0.381 e. The van der Waals surface area contributed by atoms with Gasteiger partial charge in [0, 0.05) is 57.1 Å². The second-order valence-electron chi connectivity index (χ2n) is 6.84. The number of hydrogen-bond acceptors (Lipinski definition) is 6. The van der Waals surface area contributed by atoms with Gasteiger partial charge in [-0.2, -0.15) is 4.98 Å². The van der Waals surface area contributed by atoms with Crippen LogP contribution in [0.5, 0.6) is 0 Å². The van der Waals surface area contributed by atoms with Crippen molar-refractivity contribution in [2.45, 2.75) is 39.0 Å². The molecule has 3 heterocycles. The van der Waals surface area contributed by atoms with Crippen LogP contribution in [0.3, 0.4) is 0 Å². The number of aromatic nitrogens is 2. The van der Waals surface area contributed by atoms with Gasteiger partial charge in [-0.3, -0.25) is 4.79 Å². The van der Waals surface area contributed by atoms with Crippen LogP contribution in [0.1, 0.15) is 37.8 Å². The summed E-state index contributed by atoms with van der Waals surface area (Å²) in [6.45, 7) is 6.70. The molecule has 138 valence electrons. The molecule has 7 heteroatoms. The molecule has 2 aliphatic rings. The summed E-state index contributed by atoms with van der Waals surface area (Å²) in [5, 5.41) is 6.23. The Bertz CT molecular complexity index is 569. The molecule has 0 bridgehead atoms. The lowest BCUT2D eigenvalue weighted by Gasteiger charge is -2.28. The zero-order valence-corrected chi connectivity index (χ0v) is 15.1. The Kier molecular flexibility index (Phi) is 6.44. The summed E-state index contributed by atoms with van der Waals surface area (Å²) in [7, 11) is 0. The van der Waals surface area contributed by atoms with Gasteiger partial charge in [0.1, 0.15) is 5.82 Å². The molecule has 0 unspecified atom stereocenters. The first kappa shape index (κ1) is 17.9. The van der Waals surface area contributed by atoms with Crippen LogP contribution in [0.15, 0.2) is 6.07 Å². The lowest BCUT2D eigenvalue weighted by Crippen LogP contribution is -2.36. The molecule has 0 atom stereocenters. The number of carbonyl (C=O) groups excluding carboxylic acids is 1. The molecule has 2 fully saturated rings. The van der Waals surface area contributed by atoms with Gasteiger partial charge in [0.15, 0.2) is 0 Å². The van der Waals surface area contributed by atoms with Gasteiger partial charge in [-0.25, -0.2) is 4.98 Å². The fourth-order valence-electron chi connectivity index (χ4n) is 3.38. The summed E-state index contributed by atoms with van der Waals surface area (Å²) >= 11 is 0. The van der Waals surface area contributed by atoms with Crippen LogP contribution < -0.4 is 15.5 Å². The van der Waals surface area contributed by atoms with E-state index >= 15 is 0 Å². The highest BCUT2D eigenvalue weighted by Gasteiger charge is 2.21. The van der Waals surface area contributed by atoms with Crippen molar-refractivity contribution in [3.8, 4) is 0 Å². The Morgan fingerprint density at radius 2 is 1.96 bits per heavy atom. The maximum atomic E-state index is 12.1. The van der Waals surface area contributed by atoms with E-state index in [9.17, 15) is 4.79 Å². The number of aryl methyl sites for hydroxylation is 1. The number of rotatable bonds is 6. The van der Waals surface area contributed by atoms with Gasteiger partial charge in [0.2, 0.25) is 11.9 Å². The van der Waals surface area contributed by atoms with Crippen molar-refractivity contribution in [3.05, 3.63) is 11.8 Å². The third-order valence-corrected chi connectivity index (χ3v) is 4.82. The van der Waals surface area contributed by atoms with Crippen LogP contribution in [0.25, 0.3) is 0 Å². The molecule has 7 nitrogen and oxygen atoms in total. The first-order valence-electron chi connectivity index (χ1n) is 9.42. The Balaban J connectivity index is 1.46. The summed E-state index contributed by atoms with van der Waals surface area (Å²) in [6.07, 6.45) is 5.39. The largest absolute Gasteiger partial charge is 0.381 e. The second-order valence-corrected chi connectivity index (χ2v) is 6.84.